The van der Waals surface area contributed by atoms with E-state index in [0.717, 1.165) is 0 Å². The van der Waals surface area contributed by atoms with Crippen molar-refractivity contribution in [1.29, 1.82) is 0 Å². The van der Waals surface area contributed by atoms with E-state index in [1.807, 2.05) is 0 Å². The van der Waals surface area contributed by atoms with Crippen LogP contribution in [0.4, 0.5) is 17.3 Å². The van der Waals surface area contributed by atoms with Gasteiger partial charge >= 0.3 is 5.69 Å². The van der Waals surface area contributed by atoms with Gasteiger partial charge in [-0.05, 0) is 0 Å². The Bertz CT molecular complexity index is 338. The molecule has 7 nitrogen and oxygen atoms in total. The molecule has 0 saturated heterocycles. The Hall–Kier alpha value is -1.92. The molecule has 13 heavy (non-hydrogen) atoms. The Kier molecular flexibility index (Phi) is 2.27. The van der Waals surface area contributed by atoms with Crippen molar-refractivity contribution in [3.8, 4) is 0 Å². The molecular weight excluding hydrogens is 174 g/mol. The Morgan fingerprint density at radius 3 is 2.54 bits per heavy atom. The van der Waals surface area contributed by atoms with Crippen molar-refractivity contribution in [1.82, 2.24) is 9.97 Å². The van der Waals surface area contributed by atoms with Gasteiger partial charge in [-0.2, -0.15) is 0 Å². The third kappa shape index (κ3) is 1.63. The minimum absolute atomic E-state index is 0.122. The lowest BCUT2D eigenvalue weighted by Crippen LogP contribution is -2.14. The van der Waals surface area contributed by atoms with Crippen LogP contribution >= 0.6 is 0 Å². The van der Waals surface area contributed by atoms with Crippen LogP contribution in [0.25, 0.3) is 0 Å². The van der Waals surface area contributed by atoms with Crippen molar-refractivity contribution in [3.63, 3.8) is 0 Å². The third-order valence-corrected chi connectivity index (χ3v) is 1.44. The number of nitro groups is 1. The van der Waals surface area contributed by atoms with Crippen molar-refractivity contribution in [2.75, 3.05) is 24.7 Å². The minimum atomic E-state index is -0.593. The fourth-order valence-electron chi connectivity index (χ4n) is 0.885. The van der Waals surface area contributed by atoms with Crippen LogP contribution in [0, 0.1) is 10.1 Å². The van der Waals surface area contributed by atoms with Gasteiger partial charge in [-0.25, -0.2) is 9.97 Å². The van der Waals surface area contributed by atoms with Crippen LogP contribution < -0.4 is 10.6 Å². The number of hydrogen-bond acceptors (Lipinski definition) is 6. The predicted molar refractivity (Wildman–Crippen MR) is 47.4 cm³/mol. The lowest BCUT2D eigenvalue weighted by Gasteiger charge is -2.10. The van der Waals surface area contributed by atoms with Crippen LogP contribution in [0.1, 0.15) is 0 Å². The second-order valence-electron chi connectivity index (χ2n) is 2.58. The molecule has 7 heteroatoms. The van der Waals surface area contributed by atoms with E-state index < -0.39 is 4.92 Å². The molecule has 0 saturated carbocycles. The van der Waals surface area contributed by atoms with Crippen LogP contribution in [-0.4, -0.2) is 29.0 Å². The summed E-state index contributed by atoms with van der Waals surface area (Å²) in [5, 5.41) is 10.6. The summed E-state index contributed by atoms with van der Waals surface area (Å²) in [5.41, 5.74) is 5.08. The van der Waals surface area contributed by atoms with E-state index in [1.54, 1.807) is 14.1 Å². The molecule has 0 amide bonds. The first-order valence-electron chi connectivity index (χ1n) is 3.46. The largest absolute Gasteiger partial charge is 0.378 e. The molecule has 2 N–H and O–H groups in total. The Balaban J connectivity index is 3.34. The van der Waals surface area contributed by atoms with Gasteiger partial charge in [-0.1, -0.05) is 0 Å². The number of rotatable bonds is 2. The number of anilines is 2. The van der Waals surface area contributed by atoms with Gasteiger partial charge in [0.2, 0.25) is 11.6 Å². The zero-order valence-electron chi connectivity index (χ0n) is 7.26. The summed E-state index contributed by atoms with van der Waals surface area (Å²) in [6.07, 6.45) is 1.19. The molecule has 70 valence electrons. The van der Waals surface area contributed by atoms with E-state index in [9.17, 15) is 10.1 Å². The molecule has 0 spiro atoms. The maximum Gasteiger partial charge on any atom is 0.353 e. The summed E-state index contributed by atoms with van der Waals surface area (Å²) in [4.78, 5) is 18.8. The minimum Gasteiger partial charge on any atom is -0.378 e. The average molecular weight is 183 g/mol. The standard InChI is InChI=1S/C6H9N5O2/c1-10(2)6-4(11(12)13)5(7)8-3-9-6/h3H,1-2H3,(H2,7,8,9). The fourth-order valence-corrected chi connectivity index (χ4v) is 0.885. The smallest absolute Gasteiger partial charge is 0.353 e. The summed E-state index contributed by atoms with van der Waals surface area (Å²) in [6.45, 7) is 0. The number of nitrogen functional groups attached to an aromatic ring is 1. The van der Waals surface area contributed by atoms with Gasteiger partial charge in [0, 0.05) is 14.1 Å². The van der Waals surface area contributed by atoms with Gasteiger partial charge in [0.05, 0.1) is 4.92 Å². The molecule has 0 aliphatic heterocycles. The van der Waals surface area contributed by atoms with E-state index in [1.165, 1.54) is 11.2 Å². The third-order valence-electron chi connectivity index (χ3n) is 1.44. The van der Waals surface area contributed by atoms with E-state index >= 15 is 0 Å². The van der Waals surface area contributed by atoms with Gasteiger partial charge in [-0.15, -0.1) is 0 Å². The zero-order chi connectivity index (χ0) is 10.0. The molecule has 0 bridgehead atoms. The number of aromatic nitrogens is 2. The lowest BCUT2D eigenvalue weighted by molar-refractivity contribution is -0.383. The molecule has 1 heterocycles. The van der Waals surface area contributed by atoms with Crippen LogP contribution in [0.15, 0.2) is 6.33 Å². The highest BCUT2D eigenvalue weighted by Crippen LogP contribution is 2.27. The van der Waals surface area contributed by atoms with E-state index in [2.05, 4.69) is 9.97 Å². The molecule has 0 aromatic carbocycles. The molecule has 0 aliphatic carbocycles. The Morgan fingerprint density at radius 2 is 2.15 bits per heavy atom. The van der Waals surface area contributed by atoms with Crippen LogP contribution in [0.5, 0.6) is 0 Å². The maximum absolute atomic E-state index is 10.6. The first-order chi connectivity index (χ1) is 6.04. The average Bonchev–Trinajstić information content (AvgIpc) is 2.02. The van der Waals surface area contributed by atoms with Crippen molar-refractivity contribution >= 4 is 17.3 Å². The fraction of sp³-hybridized carbons (Fsp3) is 0.333. The quantitative estimate of drug-likeness (QED) is 0.513. The van der Waals surface area contributed by atoms with E-state index in [-0.39, 0.29) is 17.3 Å². The predicted octanol–water partition coefficient (Wildman–Crippen LogP) is 0.0330. The Labute approximate surface area is 74.4 Å². The SMILES string of the molecule is CN(C)c1ncnc(N)c1[N+](=O)[O-]. The van der Waals surface area contributed by atoms with Gasteiger partial charge in [0.1, 0.15) is 6.33 Å². The van der Waals surface area contributed by atoms with Crippen LogP contribution in [0.2, 0.25) is 0 Å². The molecule has 0 aliphatic rings. The highest BCUT2D eigenvalue weighted by atomic mass is 16.6. The monoisotopic (exact) mass is 183 g/mol. The molecule has 0 radical (unpaired) electrons. The topological polar surface area (TPSA) is 98.2 Å². The summed E-state index contributed by atoms with van der Waals surface area (Å²) < 4.78 is 0. The number of nitrogens with two attached hydrogens (primary N) is 1. The highest BCUT2D eigenvalue weighted by molar-refractivity contribution is 5.67. The number of hydrogen-bond donors (Lipinski definition) is 1. The summed E-state index contributed by atoms with van der Waals surface area (Å²) in [5.74, 6) is 0.0844. The summed E-state index contributed by atoms with van der Waals surface area (Å²) in [7, 11) is 3.30. The molecular formula is C6H9N5O2. The normalized spacial score (nSPS) is 9.69. The van der Waals surface area contributed by atoms with Crippen LogP contribution in [-0.2, 0) is 0 Å². The van der Waals surface area contributed by atoms with Gasteiger partial charge < -0.3 is 10.6 Å². The van der Waals surface area contributed by atoms with Crippen molar-refractivity contribution in [2.45, 2.75) is 0 Å². The maximum atomic E-state index is 10.6. The molecule has 0 fully saturated rings. The van der Waals surface area contributed by atoms with Gasteiger partial charge in [-0.3, -0.25) is 10.1 Å². The van der Waals surface area contributed by atoms with Gasteiger partial charge in [0.25, 0.3) is 0 Å². The highest BCUT2D eigenvalue weighted by Gasteiger charge is 2.21. The molecule has 1 aromatic rings. The molecule has 0 unspecified atom stereocenters. The molecule has 1 aromatic heterocycles. The summed E-state index contributed by atoms with van der Waals surface area (Å²) >= 11 is 0. The summed E-state index contributed by atoms with van der Waals surface area (Å²) in [6, 6.07) is 0. The first kappa shape index (κ1) is 9.17. The zero-order valence-corrected chi connectivity index (χ0v) is 7.26. The molecule has 0 atom stereocenters. The Morgan fingerprint density at radius 1 is 1.54 bits per heavy atom. The second kappa shape index (κ2) is 3.21. The van der Waals surface area contributed by atoms with Gasteiger partial charge in [0.15, 0.2) is 0 Å². The second-order valence-corrected chi connectivity index (χ2v) is 2.58. The first-order valence-corrected chi connectivity index (χ1v) is 3.46. The van der Waals surface area contributed by atoms with Crippen molar-refractivity contribution < 1.29 is 4.92 Å². The van der Waals surface area contributed by atoms with E-state index in [4.69, 9.17) is 5.73 Å². The van der Waals surface area contributed by atoms with Crippen molar-refractivity contribution in [3.05, 3.63) is 16.4 Å². The number of nitrogens with zero attached hydrogens (tertiary/aromatic N) is 4. The van der Waals surface area contributed by atoms with E-state index in [0.29, 0.717) is 0 Å². The lowest BCUT2D eigenvalue weighted by atomic mass is 10.4. The van der Waals surface area contributed by atoms with Crippen LogP contribution in [0.3, 0.4) is 0 Å². The molecule has 1 rings (SSSR count). The van der Waals surface area contributed by atoms with Crippen molar-refractivity contribution in [2.24, 2.45) is 0 Å².